The van der Waals surface area contributed by atoms with Gasteiger partial charge in [0.2, 0.25) is 0 Å². The Morgan fingerprint density at radius 2 is 1.96 bits per heavy atom. The molecule has 1 fully saturated rings. The minimum absolute atomic E-state index is 0.0965. The molecule has 0 N–H and O–H groups in total. The Kier molecular flexibility index (Phi) is 4.61. The van der Waals surface area contributed by atoms with E-state index < -0.39 is 0 Å². The average Bonchev–Trinajstić information content (AvgIpc) is 2.83. The molecule has 128 valence electrons. The lowest BCUT2D eigenvalue weighted by molar-refractivity contribution is -0.00586. The number of ether oxygens (including phenoxy) is 1. The first-order chi connectivity index (χ1) is 11.3. The summed E-state index contributed by atoms with van der Waals surface area (Å²) in [6.45, 7) is 10.9. The lowest BCUT2D eigenvalue weighted by atomic mass is 9.80. The zero-order chi connectivity index (χ0) is 17.5. The molecule has 1 saturated carbocycles. The van der Waals surface area contributed by atoms with Crippen molar-refractivity contribution >= 4 is 17.6 Å². The van der Waals surface area contributed by atoms with Crippen LogP contribution in [0.2, 0.25) is 5.02 Å². The molecule has 0 radical (unpaired) electrons. The molecule has 3 heteroatoms. The number of carbonyl (C=O) groups is 1. The van der Waals surface area contributed by atoms with Crippen LogP contribution in [-0.4, -0.2) is 12.1 Å². The highest BCUT2D eigenvalue weighted by Crippen LogP contribution is 2.49. The number of hydrogen-bond acceptors (Lipinski definition) is 2. The third-order valence-corrected chi connectivity index (χ3v) is 5.82. The summed E-state index contributed by atoms with van der Waals surface area (Å²) in [7, 11) is 0. The van der Waals surface area contributed by atoms with Crippen LogP contribution in [0.5, 0.6) is 0 Å². The van der Waals surface area contributed by atoms with E-state index in [2.05, 4.69) is 27.4 Å². The lowest BCUT2D eigenvalue weighted by Crippen LogP contribution is -2.33. The van der Waals surface area contributed by atoms with Crippen molar-refractivity contribution in [1.82, 2.24) is 0 Å². The fraction of sp³-hybridized carbons (Fsp3) is 0.476. The van der Waals surface area contributed by atoms with Crippen LogP contribution in [0.1, 0.15) is 56.8 Å². The minimum atomic E-state index is -0.282. The average molecular weight is 345 g/mol. The van der Waals surface area contributed by atoms with E-state index in [1.807, 2.05) is 0 Å². The third kappa shape index (κ3) is 3.30. The molecule has 0 heterocycles. The summed E-state index contributed by atoms with van der Waals surface area (Å²) in [5.41, 5.74) is 4.68. The molecule has 24 heavy (non-hydrogen) atoms. The molecule has 1 aromatic carbocycles. The van der Waals surface area contributed by atoms with Gasteiger partial charge in [0, 0.05) is 22.8 Å². The van der Waals surface area contributed by atoms with Gasteiger partial charge in [-0.3, -0.25) is 0 Å². The maximum Gasteiger partial charge on any atom is 0.338 e. The van der Waals surface area contributed by atoms with Crippen molar-refractivity contribution in [3.8, 4) is 0 Å². The Hall–Kier alpha value is -1.54. The second-order valence-electron chi connectivity index (χ2n) is 7.83. The number of hydrogen-bond donors (Lipinski definition) is 0. The SMILES string of the molecule is C=C1C[C@H](OC(=O)c2ccc(Cl)cc2)C(C)(C)CC2=C(C)CC[C@@H]12. The van der Waals surface area contributed by atoms with Crippen molar-refractivity contribution in [1.29, 1.82) is 0 Å². The standard InChI is InChI=1S/C21H25ClO2/c1-13-5-10-17-14(2)11-19(21(3,4)12-18(13)17)24-20(23)15-6-8-16(22)9-7-15/h6-9,17,19H,2,5,10-12H2,1,3-4H3/t17-,19-/m0/s1. The molecule has 3 rings (SSSR count). The molecule has 2 atom stereocenters. The van der Waals surface area contributed by atoms with Crippen LogP contribution < -0.4 is 0 Å². The Labute approximate surface area is 149 Å². The number of benzene rings is 1. The molecule has 2 nitrogen and oxygen atoms in total. The van der Waals surface area contributed by atoms with Gasteiger partial charge in [-0.05, 0) is 50.5 Å². The number of rotatable bonds is 2. The second-order valence-corrected chi connectivity index (χ2v) is 8.26. The molecule has 0 saturated heterocycles. The summed E-state index contributed by atoms with van der Waals surface area (Å²) in [5.74, 6) is 0.193. The van der Waals surface area contributed by atoms with E-state index in [1.165, 1.54) is 23.1 Å². The Morgan fingerprint density at radius 1 is 1.29 bits per heavy atom. The van der Waals surface area contributed by atoms with Gasteiger partial charge in [-0.25, -0.2) is 4.79 Å². The molecule has 1 aromatic rings. The van der Waals surface area contributed by atoms with Crippen molar-refractivity contribution in [2.24, 2.45) is 11.3 Å². The van der Waals surface area contributed by atoms with Gasteiger partial charge < -0.3 is 4.74 Å². The van der Waals surface area contributed by atoms with Gasteiger partial charge in [0.1, 0.15) is 6.10 Å². The number of allylic oxidation sites excluding steroid dienone is 2. The van der Waals surface area contributed by atoms with Crippen LogP contribution in [0.15, 0.2) is 47.6 Å². The van der Waals surface area contributed by atoms with Gasteiger partial charge in [0.05, 0.1) is 5.56 Å². The van der Waals surface area contributed by atoms with Crippen LogP contribution in [-0.2, 0) is 4.74 Å². The maximum absolute atomic E-state index is 12.5. The Balaban J connectivity index is 1.82. The quantitative estimate of drug-likeness (QED) is 0.488. The van der Waals surface area contributed by atoms with Crippen LogP contribution in [0.25, 0.3) is 0 Å². The van der Waals surface area contributed by atoms with Gasteiger partial charge >= 0.3 is 5.97 Å². The van der Waals surface area contributed by atoms with Gasteiger partial charge in [0.15, 0.2) is 0 Å². The van der Waals surface area contributed by atoms with Gasteiger partial charge in [-0.1, -0.05) is 48.7 Å². The molecule has 0 aliphatic heterocycles. The molecule has 0 spiro atoms. The number of fused-ring (bicyclic) bond motifs is 1. The largest absolute Gasteiger partial charge is 0.458 e. The molecule has 0 aromatic heterocycles. The number of carbonyl (C=O) groups excluding carboxylic acids is 1. The third-order valence-electron chi connectivity index (χ3n) is 5.56. The predicted molar refractivity (Wildman–Crippen MR) is 98.2 cm³/mol. The van der Waals surface area contributed by atoms with Crippen LogP contribution in [0.3, 0.4) is 0 Å². The summed E-state index contributed by atoms with van der Waals surface area (Å²) < 4.78 is 5.92. The van der Waals surface area contributed by atoms with E-state index in [-0.39, 0.29) is 17.5 Å². The van der Waals surface area contributed by atoms with Gasteiger partial charge in [-0.15, -0.1) is 0 Å². The van der Waals surface area contributed by atoms with E-state index in [0.717, 1.165) is 19.3 Å². The highest BCUT2D eigenvalue weighted by molar-refractivity contribution is 6.30. The first kappa shape index (κ1) is 17.3. The van der Waals surface area contributed by atoms with Crippen LogP contribution >= 0.6 is 11.6 Å². The minimum Gasteiger partial charge on any atom is -0.458 e. The van der Waals surface area contributed by atoms with Gasteiger partial charge in [0.25, 0.3) is 0 Å². The van der Waals surface area contributed by atoms with Crippen molar-refractivity contribution in [3.63, 3.8) is 0 Å². The first-order valence-corrected chi connectivity index (χ1v) is 8.98. The van der Waals surface area contributed by atoms with E-state index in [0.29, 0.717) is 16.5 Å². The van der Waals surface area contributed by atoms with E-state index >= 15 is 0 Å². The summed E-state index contributed by atoms with van der Waals surface area (Å²) in [6.07, 6.45) is 3.90. The molecule has 0 bridgehead atoms. The van der Waals surface area contributed by atoms with E-state index in [9.17, 15) is 4.79 Å². The molecule has 0 amide bonds. The zero-order valence-corrected chi connectivity index (χ0v) is 15.5. The molecule has 2 aliphatic carbocycles. The summed E-state index contributed by atoms with van der Waals surface area (Å²) in [6, 6.07) is 6.86. The van der Waals surface area contributed by atoms with E-state index in [1.54, 1.807) is 24.3 Å². The normalized spacial score (nSPS) is 26.1. The molecular formula is C21H25ClO2. The summed E-state index contributed by atoms with van der Waals surface area (Å²) in [5, 5.41) is 0.616. The topological polar surface area (TPSA) is 26.3 Å². The van der Waals surface area contributed by atoms with Gasteiger partial charge in [-0.2, -0.15) is 0 Å². The zero-order valence-electron chi connectivity index (χ0n) is 14.7. The van der Waals surface area contributed by atoms with E-state index in [4.69, 9.17) is 16.3 Å². The van der Waals surface area contributed by atoms with Crippen LogP contribution in [0, 0.1) is 11.3 Å². The van der Waals surface area contributed by atoms with Crippen molar-refractivity contribution < 1.29 is 9.53 Å². The first-order valence-electron chi connectivity index (χ1n) is 8.60. The molecule has 2 aliphatic rings. The maximum atomic E-state index is 12.5. The molecular weight excluding hydrogens is 320 g/mol. The van der Waals surface area contributed by atoms with Crippen molar-refractivity contribution in [2.75, 3.05) is 0 Å². The number of halogens is 1. The fourth-order valence-corrected chi connectivity index (χ4v) is 4.09. The highest BCUT2D eigenvalue weighted by atomic mass is 35.5. The Morgan fingerprint density at radius 3 is 2.62 bits per heavy atom. The smallest absolute Gasteiger partial charge is 0.338 e. The monoisotopic (exact) mass is 344 g/mol. The number of esters is 1. The van der Waals surface area contributed by atoms with Crippen molar-refractivity contribution in [2.45, 2.75) is 52.6 Å². The lowest BCUT2D eigenvalue weighted by Gasteiger charge is -2.32. The fourth-order valence-electron chi connectivity index (χ4n) is 3.96. The van der Waals surface area contributed by atoms with Crippen LogP contribution in [0.4, 0.5) is 0 Å². The predicted octanol–water partition coefficient (Wildman–Crippen LogP) is 5.97. The summed E-state index contributed by atoms with van der Waals surface area (Å²) >= 11 is 5.89. The highest BCUT2D eigenvalue weighted by Gasteiger charge is 2.41. The Bertz CT molecular complexity index is 697. The molecule has 0 unspecified atom stereocenters. The second kappa shape index (κ2) is 6.40. The summed E-state index contributed by atoms with van der Waals surface area (Å²) in [4.78, 5) is 12.5. The van der Waals surface area contributed by atoms with Crippen molar-refractivity contribution in [3.05, 3.63) is 58.1 Å².